The first-order chi connectivity index (χ1) is 33.1. The van der Waals surface area contributed by atoms with Gasteiger partial charge in [-0.2, -0.15) is 0 Å². The summed E-state index contributed by atoms with van der Waals surface area (Å²) in [6.45, 7) is 3.43. The molecule has 1 aliphatic heterocycles. The van der Waals surface area contributed by atoms with Gasteiger partial charge in [-0.05, 0) is 127 Å². The van der Waals surface area contributed by atoms with Gasteiger partial charge in [0.1, 0.15) is 25.0 Å². The quantitative estimate of drug-likeness (QED) is 0.156. The predicted molar refractivity (Wildman–Crippen MR) is 258 cm³/mol. The van der Waals surface area contributed by atoms with Gasteiger partial charge in [0.15, 0.2) is 5.78 Å². The fourth-order valence-electron chi connectivity index (χ4n) is 6.06. The Bertz CT molecular complexity index is 3100. The molecule has 0 unspecified atom stereocenters. The maximum atomic E-state index is 13.2. The molecule has 3 amide bonds. The van der Waals surface area contributed by atoms with E-state index in [1.54, 1.807) is 36.4 Å². The van der Waals surface area contributed by atoms with E-state index in [1.165, 1.54) is 4.90 Å². The van der Waals surface area contributed by atoms with Crippen molar-refractivity contribution in [1.29, 1.82) is 0 Å². The van der Waals surface area contributed by atoms with Gasteiger partial charge in [0.05, 0.1) is 19.1 Å². The maximum Gasteiger partial charge on any atom is 0.325 e. The van der Waals surface area contributed by atoms with Crippen molar-refractivity contribution in [3.63, 3.8) is 0 Å². The molecule has 0 aliphatic carbocycles. The molecule has 1 saturated heterocycles. The molecule has 3 aromatic carbocycles. The van der Waals surface area contributed by atoms with Gasteiger partial charge < -0.3 is 30.3 Å². The summed E-state index contributed by atoms with van der Waals surface area (Å²) in [6, 6.07) is 20.7. The van der Waals surface area contributed by atoms with Gasteiger partial charge in [0, 0.05) is 94.8 Å². The number of esters is 1. The van der Waals surface area contributed by atoms with Gasteiger partial charge >= 0.3 is 5.97 Å². The standard InChI is InChI=1S/C57H40N4O7/c1-4-5-6-7-8-9-10-11-12-13-14-15-16-17-18-19-20-21-22-26-36-67-51-38-45(2)37-48(40-51)44-68-55(64)43-60-57(66)49-31-33-50(34-32-49)58-41-53(62)52-30-27-35-61(52)54(63)42-59-56(65)46(3)39-47-28-24-23-25-29-47/h1,23-25,28-29,31-34,37-38,40,46,52,58H,27,30,35,39,41-44H2,2-3H3,(H,59,65)(H,60,66)/t46-,52-/m0/s1. The molecule has 1 heterocycles. The molecule has 2 atom stereocenters. The zero-order valence-corrected chi connectivity index (χ0v) is 37.1. The number of ether oxygens (including phenoxy) is 2. The number of hydrogen-bond donors (Lipinski definition) is 3. The lowest BCUT2D eigenvalue weighted by Crippen LogP contribution is -2.47. The summed E-state index contributed by atoms with van der Waals surface area (Å²) >= 11 is 0. The van der Waals surface area contributed by atoms with Gasteiger partial charge in [0.25, 0.3) is 5.91 Å². The van der Waals surface area contributed by atoms with Crippen LogP contribution in [0, 0.1) is 144 Å². The van der Waals surface area contributed by atoms with E-state index in [0.717, 1.165) is 11.1 Å². The normalized spacial score (nSPS) is 11.2. The number of ketones is 1. The molecule has 3 N–H and O–H groups in total. The number of terminal acetylenes is 1. The van der Waals surface area contributed by atoms with Crippen LogP contribution in [0.5, 0.6) is 5.75 Å². The molecular weight excluding hydrogens is 853 g/mol. The maximum absolute atomic E-state index is 13.2. The monoisotopic (exact) mass is 892 g/mol. The lowest BCUT2D eigenvalue weighted by atomic mass is 10.0. The van der Waals surface area contributed by atoms with Crippen LogP contribution in [-0.2, 0) is 36.9 Å². The van der Waals surface area contributed by atoms with Gasteiger partial charge in [-0.3, -0.25) is 24.0 Å². The first-order valence-corrected chi connectivity index (χ1v) is 20.8. The first-order valence-electron chi connectivity index (χ1n) is 20.8. The van der Waals surface area contributed by atoms with Gasteiger partial charge in [-0.1, -0.05) is 43.3 Å². The third kappa shape index (κ3) is 19.6. The Morgan fingerprint density at radius 3 is 1.88 bits per heavy atom. The van der Waals surface area contributed by atoms with E-state index < -0.39 is 17.9 Å². The number of nitrogens with zero attached hydrogens (tertiary/aromatic N) is 1. The molecule has 11 heteroatoms. The number of anilines is 1. The third-order valence-electron chi connectivity index (χ3n) is 9.13. The van der Waals surface area contributed by atoms with Crippen LogP contribution in [0.3, 0.4) is 0 Å². The number of Topliss-reactive ketones (excluding diaryl/α,β-unsaturated/α-hetero) is 1. The second-order valence-electron chi connectivity index (χ2n) is 14.2. The number of carbonyl (C=O) groups excluding carboxylic acids is 5. The smallest absolute Gasteiger partial charge is 0.325 e. The van der Waals surface area contributed by atoms with Crippen LogP contribution in [0.4, 0.5) is 5.69 Å². The first kappa shape index (κ1) is 50.6. The molecule has 0 bridgehead atoms. The van der Waals surface area contributed by atoms with E-state index in [9.17, 15) is 24.0 Å². The number of aryl methyl sites for hydroxylation is 1. The SMILES string of the molecule is C#CC#CC#CC#CC#CC#CC#CC#CC#CC#CC#COc1cc(C)cc(COC(=O)CNC(=O)c2ccc(NCC(=O)[C@@H]3CCCN3C(=O)CNC(=O)[C@@H](C)Cc3ccccc3)cc2)c1. The Morgan fingerprint density at radius 1 is 0.691 bits per heavy atom. The fraction of sp³-hybridized carbons (Fsp3) is 0.211. The summed E-state index contributed by atoms with van der Waals surface area (Å²) in [5, 5.41) is 8.32. The molecule has 330 valence electrons. The third-order valence-corrected chi connectivity index (χ3v) is 9.13. The number of nitrogens with one attached hydrogen (secondary N) is 3. The Balaban J connectivity index is 1.13. The van der Waals surface area contributed by atoms with Crippen molar-refractivity contribution in [3.05, 3.63) is 95.1 Å². The van der Waals surface area contributed by atoms with E-state index in [1.807, 2.05) is 50.2 Å². The number of amides is 3. The van der Waals surface area contributed by atoms with Crippen molar-refractivity contribution in [1.82, 2.24) is 15.5 Å². The second kappa shape index (κ2) is 29.4. The minimum absolute atomic E-state index is 0.0348. The van der Waals surface area contributed by atoms with Gasteiger partial charge in [-0.15, -0.1) is 6.42 Å². The highest BCUT2D eigenvalue weighted by molar-refractivity contribution is 5.96. The Kier molecular flexibility index (Phi) is 21.9. The van der Waals surface area contributed by atoms with Crippen LogP contribution in [0.25, 0.3) is 0 Å². The van der Waals surface area contributed by atoms with Crippen LogP contribution in [-0.4, -0.2) is 66.6 Å². The van der Waals surface area contributed by atoms with Crippen LogP contribution in [0.1, 0.15) is 46.8 Å². The topological polar surface area (TPSA) is 143 Å². The highest BCUT2D eigenvalue weighted by atomic mass is 16.5. The molecule has 1 aliphatic rings. The Labute approximate surface area is 397 Å². The molecule has 1 fully saturated rings. The Hall–Kier alpha value is -10.0. The molecule has 3 aromatic rings. The zero-order chi connectivity index (χ0) is 48.6. The number of likely N-dealkylation sites (tertiary alicyclic amines) is 1. The number of rotatable bonds is 15. The van der Waals surface area contributed by atoms with Crippen LogP contribution in [0.2, 0.25) is 0 Å². The molecule has 4 rings (SSSR count). The summed E-state index contributed by atoms with van der Waals surface area (Å²) in [5.74, 6) is 47.6. The average Bonchev–Trinajstić information content (AvgIpc) is 3.85. The van der Waals surface area contributed by atoms with E-state index in [0.29, 0.717) is 48.4 Å². The van der Waals surface area contributed by atoms with Crippen LogP contribution in [0.15, 0.2) is 72.8 Å². The molecule has 11 nitrogen and oxygen atoms in total. The molecule has 68 heavy (non-hydrogen) atoms. The lowest BCUT2D eigenvalue weighted by Gasteiger charge is -2.24. The van der Waals surface area contributed by atoms with Crippen molar-refractivity contribution >= 4 is 35.2 Å². The van der Waals surface area contributed by atoms with Crippen molar-refractivity contribution in [2.24, 2.45) is 5.92 Å². The predicted octanol–water partition coefficient (Wildman–Crippen LogP) is 3.44. The van der Waals surface area contributed by atoms with Gasteiger partial charge in [0.2, 0.25) is 11.8 Å². The molecule has 0 spiro atoms. The highest BCUT2D eigenvalue weighted by Crippen LogP contribution is 2.20. The van der Waals surface area contributed by atoms with E-state index in [-0.39, 0.29) is 49.8 Å². The van der Waals surface area contributed by atoms with Crippen LogP contribution < -0.4 is 20.7 Å². The molecular formula is C57H40N4O7. The summed E-state index contributed by atoms with van der Waals surface area (Å²) in [4.78, 5) is 65.6. The van der Waals surface area contributed by atoms with E-state index in [2.05, 4.69) is 140 Å². The van der Waals surface area contributed by atoms with E-state index in [4.69, 9.17) is 15.9 Å². The van der Waals surface area contributed by atoms with Crippen molar-refractivity contribution in [2.45, 2.75) is 45.8 Å². The van der Waals surface area contributed by atoms with Gasteiger partial charge in [-0.25, -0.2) is 0 Å². The van der Waals surface area contributed by atoms with E-state index >= 15 is 0 Å². The second-order valence-corrected chi connectivity index (χ2v) is 14.2. The molecule has 0 saturated carbocycles. The largest absolute Gasteiger partial charge is 0.460 e. The molecule has 0 radical (unpaired) electrons. The summed E-state index contributed by atoms with van der Waals surface area (Å²) in [6.07, 6.45) is 9.20. The van der Waals surface area contributed by atoms with Crippen molar-refractivity contribution < 1.29 is 33.4 Å². The summed E-state index contributed by atoms with van der Waals surface area (Å²) in [7, 11) is 0. The average molecular weight is 893 g/mol. The number of carbonyl (C=O) groups is 5. The highest BCUT2D eigenvalue weighted by Gasteiger charge is 2.33. The molecule has 0 aromatic heterocycles. The van der Waals surface area contributed by atoms with Crippen molar-refractivity contribution in [3.8, 4) is 137 Å². The fourth-order valence-corrected chi connectivity index (χ4v) is 6.06. The summed E-state index contributed by atoms with van der Waals surface area (Å²) < 4.78 is 10.8. The minimum atomic E-state index is -0.653. The summed E-state index contributed by atoms with van der Waals surface area (Å²) in [5.41, 5.74) is 3.39. The lowest BCUT2D eigenvalue weighted by molar-refractivity contribution is -0.143. The number of hydrogen-bond acceptors (Lipinski definition) is 8. The Morgan fingerprint density at radius 2 is 1.28 bits per heavy atom. The number of benzene rings is 3. The van der Waals surface area contributed by atoms with Crippen molar-refractivity contribution in [2.75, 3.05) is 31.5 Å². The zero-order valence-electron chi connectivity index (χ0n) is 37.1. The minimum Gasteiger partial charge on any atom is -0.460 e. The van der Waals surface area contributed by atoms with Crippen LogP contribution >= 0.6 is 0 Å².